The first-order chi connectivity index (χ1) is 12.1. The van der Waals surface area contributed by atoms with Gasteiger partial charge < -0.3 is 5.32 Å². The van der Waals surface area contributed by atoms with Crippen molar-refractivity contribution < 1.29 is 4.79 Å². The van der Waals surface area contributed by atoms with Crippen molar-refractivity contribution in [2.75, 3.05) is 5.32 Å². The van der Waals surface area contributed by atoms with Gasteiger partial charge in [-0.1, -0.05) is 41.9 Å². The summed E-state index contributed by atoms with van der Waals surface area (Å²) >= 11 is 11.0. The Morgan fingerprint density at radius 2 is 1.68 bits per heavy atom. The van der Waals surface area contributed by atoms with Crippen molar-refractivity contribution in [3.63, 3.8) is 0 Å². The van der Waals surface area contributed by atoms with Crippen LogP contribution in [0.1, 0.15) is 10.4 Å². The van der Waals surface area contributed by atoms with Crippen LogP contribution < -0.4 is 10.6 Å². The maximum atomic E-state index is 12.0. The molecule has 0 aliphatic heterocycles. The van der Waals surface area contributed by atoms with Crippen molar-refractivity contribution in [1.29, 1.82) is 0 Å². The van der Waals surface area contributed by atoms with Crippen LogP contribution in [0.15, 0.2) is 67.0 Å². The SMILES string of the molecule is O=C(NC(=S)Nc1cnc(-c2ccc(Cl)cc2)cn1)c1ccccc1. The van der Waals surface area contributed by atoms with Crippen molar-refractivity contribution >= 4 is 40.7 Å². The quantitative estimate of drug-likeness (QED) is 0.686. The van der Waals surface area contributed by atoms with Crippen LogP contribution >= 0.6 is 23.8 Å². The fraction of sp³-hybridized carbons (Fsp3) is 0. The van der Waals surface area contributed by atoms with Crippen LogP contribution in [-0.2, 0) is 0 Å². The largest absolute Gasteiger partial charge is 0.316 e. The zero-order valence-corrected chi connectivity index (χ0v) is 14.5. The molecule has 0 atom stereocenters. The van der Waals surface area contributed by atoms with Gasteiger partial charge in [-0.05, 0) is 36.5 Å². The molecule has 0 fully saturated rings. The van der Waals surface area contributed by atoms with Crippen LogP contribution in [0.2, 0.25) is 5.02 Å². The lowest BCUT2D eigenvalue weighted by Crippen LogP contribution is -2.34. The number of rotatable bonds is 3. The summed E-state index contributed by atoms with van der Waals surface area (Å²) in [5.41, 5.74) is 2.14. The Balaban J connectivity index is 1.62. The zero-order valence-electron chi connectivity index (χ0n) is 12.9. The van der Waals surface area contributed by atoms with E-state index in [1.807, 2.05) is 18.2 Å². The van der Waals surface area contributed by atoms with E-state index in [-0.39, 0.29) is 11.0 Å². The fourth-order valence-electron chi connectivity index (χ4n) is 2.07. The number of halogens is 1. The van der Waals surface area contributed by atoms with Gasteiger partial charge in [0.15, 0.2) is 10.9 Å². The smallest absolute Gasteiger partial charge is 0.257 e. The van der Waals surface area contributed by atoms with E-state index in [9.17, 15) is 4.79 Å². The molecule has 3 aromatic rings. The number of carbonyl (C=O) groups is 1. The van der Waals surface area contributed by atoms with Crippen molar-refractivity contribution in [2.24, 2.45) is 0 Å². The normalized spacial score (nSPS) is 10.1. The standard InChI is InChI=1S/C18H13ClN4OS/c19-14-8-6-12(7-9-14)15-10-21-16(11-20-15)22-18(25)23-17(24)13-4-2-1-3-5-13/h1-11H,(H2,21,22,23,24,25). The summed E-state index contributed by atoms with van der Waals surface area (Å²) in [6, 6.07) is 16.1. The average Bonchev–Trinajstić information content (AvgIpc) is 2.64. The molecule has 1 heterocycles. The van der Waals surface area contributed by atoms with E-state index < -0.39 is 0 Å². The summed E-state index contributed by atoms with van der Waals surface area (Å²) in [7, 11) is 0. The third-order valence-electron chi connectivity index (χ3n) is 3.30. The van der Waals surface area contributed by atoms with E-state index in [1.54, 1.807) is 48.8 Å². The molecule has 0 aliphatic rings. The Morgan fingerprint density at radius 1 is 0.960 bits per heavy atom. The third-order valence-corrected chi connectivity index (χ3v) is 3.75. The number of anilines is 1. The minimum Gasteiger partial charge on any atom is -0.316 e. The number of aromatic nitrogens is 2. The first-order valence-electron chi connectivity index (χ1n) is 7.37. The molecule has 1 amide bonds. The van der Waals surface area contributed by atoms with Gasteiger partial charge in [0, 0.05) is 16.1 Å². The number of hydrogen-bond acceptors (Lipinski definition) is 4. The number of amides is 1. The molecule has 7 heteroatoms. The van der Waals surface area contributed by atoms with Gasteiger partial charge in [-0.25, -0.2) is 4.98 Å². The lowest BCUT2D eigenvalue weighted by Gasteiger charge is -2.09. The molecule has 0 saturated carbocycles. The number of benzene rings is 2. The Bertz CT molecular complexity index is 883. The highest BCUT2D eigenvalue weighted by molar-refractivity contribution is 7.80. The van der Waals surface area contributed by atoms with Gasteiger partial charge in [0.25, 0.3) is 5.91 Å². The molecule has 0 radical (unpaired) electrons. The maximum absolute atomic E-state index is 12.0. The van der Waals surface area contributed by atoms with Crippen molar-refractivity contribution in [1.82, 2.24) is 15.3 Å². The molecule has 0 unspecified atom stereocenters. The Morgan fingerprint density at radius 3 is 2.32 bits per heavy atom. The molecular weight excluding hydrogens is 356 g/mol. The predicted octanol–water partition coefficient (Wildman–Crippen LogP) is 3.92. The van der Waals surface area contributed by atoms with E-state index in [0.717, 1.165) is 5.56 Å². The summed E-state index contributed by atoms with van der Waals surface area (Å²) in [6.45, 7) is 0. The summed E-state index contributed by atoms with van der Waals surface area (Å²) in [5, 5.41) is 6.25. The molecule has 124 valence electrons. The molecule has 3 rings (SSSR count). The van der Waals surface area contributed by atoms with Crippen LogP contribution in [0.3, 0.4) is 0 Å². The predicted molar refractivity (Wildman–Crippen MR) is 103 cm³/mol. The highest BCUT2D eigenvalue weighted by atomic mass is 35.5. The number of hydrogen-bond donors (Lipinski definition) is 2. The zero-order chi connectivity index (χ0) is 17.6. The first kappa shape index (κ1) is 17.0. The van der Waals surface area contributed by atoms with E-state index in [4.69, 9.17) is 23.8 Å². The molecule has 0 spiro atoms. The lowest BCUT2D eigenvalue weighted by molar-refractivity contribution is 0.0977. The summed E-state index contributed by atoms with van der Waals surface area (Å²) in [4.78, 5) is 20.6. The fourth-order valence-corrected chi connectivity index (χ4v) is 2.40. The Kier molecular flexibility index (Phi) is 5.33. The van der Waals surface area contributed by atoms with Gasteiger partial charge in [-0.2, -0.15) is 0 Å². The highest BCUT2D eigenvalue weighted by Crippen LogP contribution is 2.19. The topological polar surface area (TPSA) is 66.9 Å². The monoisotopic (exact) mass is 368 g/mol. The van der Waals surface area contributed by atoms with E-state index in [1.165, 1.54) is 0 Å². The molecular formula is C18H13ClN4OS. The molecule has 0 saturated heterocycles. The van der Waals surface area contributed by atoms with Crippen LogP contribution in [-0.4, -0.2) is 21.0 Å². The van der Waals surface area contributed by atoms with Gasteiger partial charge in [0.05, 0.1) is 18.1 Å². The maximum Gasteiger partial charge on any atom is 0.257 e. The van der Waals surface area contributed by atoms with Gasteiger partial charge in [-0.15, -0.1) is 0 Å². The summed E-state index contributed by atoms with van der Waals surface area (Å²) < 4.78 is 0. The second-order valence-electron chi connectivity index (χ2n) is 5.07. The lowest BCUT2D eigenvalue weighted by atomic mass is 10.2. The second kappa shape index (κ2) is 7.83. The average molecular weight is 369 g/mol. The molecule has 1 aromatic heterocycles. The number of nitrogens with one attached hydrogen (secondary N) is 2. The van der Waals surface area contributed by atoms with E-state index in [2.05, 4.69) is 20.6 Å². The number of nitrogens with zero attached hydrogens (tertiary/aromatic N) is 2. The van der Waals surface area contributed by atoms with Crippen molar-refractivity contribution in [2.45, 2.75) is 0 Å². The Hall–Kier alpha value is -2.83. The summed E-state index contributed by atoms with van der Waals surface area (Å²) in [6.07, 6.45) is 3.16. The van der Waals surface area contributed by atoms with Gasteiger partial charge >= 0.3 is 0 Å². The van der Waals surface area contributed by atoms with Gasteiger partial charge in [0.2, 0.25) is 0 Å². The van der Waals surface area contributed by atoms with Gasteiger partial charge in [0.1, 0.15) is 0 Å². The van der Waals surface area contributed by atoms with Crippen molar-refractivity contribution in [3.8, 4) is 11.3 Å². The molecule has 0 bridgehead atoms. The molecule has 25 heavy (non-hydrogen) atoms. The van der Waals surface area contributed by atoms with Gasteiger partial charge in [-0.3, -0.25) is 15.1 Å². The number of thiocarbonyl (C=S) groups is 1. The van der Waals surface area contributed by atoms with Crippen LogP contribution in [0.5, 0.6) is 0 Å². The Labute approximate surface area is 155 Å². The number of carbonyl (C=O) groups excluding carboxylic acids is 1. The van der Waals surface area contributed by atoms with E-state index >= 15 is 0 Å². The molecule has 2 aromatic carbocycles. The van der Waals surface area contributed by atoms with Crippen LogP contribution in [0.25, 0.3) is 11.3 Å². The highest BCUT2D eigenvalue weighted by Gasteiger charge is 2.08. The van der Waals surface area contributed by atoms with Crippen LogP contribution in [0, 0.1) is 0 Å². The molecule has 5 nitrogen and oxygen atoms in total. The van der Waals surface area contributed by atoms with Crippen LogP contribution in [0.4, 0.5) is 5.82 Å². The molecule has 0 aliphatic carbocycles. The third kappa shape index (κ3) is 4.59. The first-order valence-corrected chi connectivity index (χ1v) is 8.16. The van der Waals surface area contributed by atoms with E-state index in [0.29, 0.717) is 22.1 Å². The second-order valence-corrected chi connectivity index (χ2v) is 5.91. The van der Waals surface area contributed by atoms with Crippen molar-refractivity contribution in [3.05, 3.63) is 77.6 Å². The minimum atomic E-state index is -0.288. The molecule has 2 N–H and O–H groups in total. The minimum absolute atomic E-state index is 0.155. The summed E-state index contributed by atoms with van der Waals surface area (Å²) in [5.74, 6) is 0.153.